The van der Waals surface area contributed by atoms with Crippen molar-refractivity contribution in [3.63, 3.8) is 0 Å². The molecule has 0 aliphatic heterocycles. The average Bonchev–Trinajstić information content (AvgIpc) is 2.85. The van der Waals surface area contributed by atoms with Gasteiger partial charge in [0.15, 0.2) is 0 Å². The first-order valence-electron chi connectivity index (χ1n) is 5.41. The van der Waals surface area contributed by atoms with Crippen molar-refractivity contribution in [2.75, 3.05) is 20.7 Å². The molecule has 0 radical (unpaired) electrons. The topological polar surface area (TPSA) is 64.4 Å². The van der Waals surface area contributed by atoms with Gasteiger partial charge in [-0.25, -0.2) is 0 Å². The van der Waals surface area contributed by atoms with Crippen LogP contribution in [-0.4, -0.2) is 47.3 Å². The molecule has 0 aromatic carbocycles. The number of nitrogens with zero attached hydrogens (tertiary/aromatic N) is 3. The normalized spacial score (nSPS) is 10.0. The maximum Gasteiger partial charge on any atom is 0.307 e. The largest absolute Gasteiger partial charge is 0.469 e. The fourth-order valence-electron chi connectivity index (χ4n) is 1.32. The molecule has 17 heavy (non-hydrogen) atoms. The van der Waals surface area contributed by atoms with E-state index >= 15 is 0 Å². The van der Waals surface area contributed by atoms with E-state index in [9.17, 15) is 9.59 Å². The molecule has 0 fully saturated rings. The van der Waals surface area contributed by atoms with Crippen molar-refractivity contribution < 1.29 is 14.3 Å². The molecule has 0 bridgehead atoms. The molecule has 0 saturated carbocycles. The monoisotopic (exact) mass is 239 g/mol. The van der Waals surface area contributed by atoms with Crippen LogP contribution in [-0.2, 0) is 20.9 Å². The number of hydrogen-bond acceptors (Lipinski definition) is 4. The van der Waals surface area contributed by atoms with E-state index in [4.69, 9.17) is 0 Å². The predicted octanol–water partition coefficient (Wildman–Crippen LogP) is 0.295. The van der Waals surface area contributed by atoms with Gasteiger partial charge >= 0.3 is 5.97 Å². The molecule has 0 aliphatic rings. The first-order chi connectivity index (χ1) is 8.13. The lowest BCUT2D eigenvalue weighted by atomic mass is 10.3. The van der Waals surface area contributed by atoms with Crippen molar-refractivity contribution >= 4 is 11.9 Å². The number of amides is 1. The minimum absolute atomic E-state index is 0.00981. The van der Waals surface area contributed by atoms with Crippen LogP contribution in [0.25, 0.3) is 0 Å². The van der Waals surface area contributed by atoms with Crippen molar-refractivity contribution in [3.05, 3.63) is 18.5 Å². The Balaban J connectivity index is 2.24. The van der Waals surface area contributed by atoms with E-state index < -0.39 is 0 Å². The standard InChI is InChI=1S/C11H17N3O3/c1-13(8-5-11(16)17-2)10(15)4-9-14-7-3-6-12-14/h3,6-7H,4-5,8-9H2,1-2H3. The molecular weight excluding hydrogens is 222 g/mol. The summed E-state index contributed by atoms with van der Waals surface area (Å²) in [5, 5.41) is 4.01. The molecule has 6 heteroatoms. The van der Waals surface area contributed by atoms with Crippen LogP contribution in [0.2, 0.25) is 0 Å². The van der Waals surface area contributed by atoms with Gasteiger partial charge in [0.2, 0.25) is 5.91 Å². The minimum atomic E-state index is -0.309. The number of rotatable bonds is 6. The molecule has 0 aliphatic carbocycles. The Hall–Kier alpha value is -1.85. The third kappa shape index (κ3) is 4.67. The zero-order valence-corrected chi connectivity index (χ0v) is 10.1. The smallest absolute Gasteiger partial charge is 0.307 e. The highest BCUT2D eigenvalue weighted by Crippen LogP contribution is 1.97. The summed E-state index contributed by atoms with van der Waals surface area (Å²) in [7, 11) is 3.01. The van der Waals surface area contributed by atoms with E-state index in [2.05, 4.69) is 9.84 Å². The Morgan fingerprint density at radius 1 is 1.41 bits per heavy atom. The Labute approximate surface area is 100 Å². The number of aromatic nitrogens is 2. The number of esters is 1. The van der Waals surface area contributed by atoms with Gasteiger partial charge < -0.3 is 9.64 Å². The van der Waals surface area contributed by atoms with Gasteiger partial charge in [-0.15, -0.1) is 0 Å². The number of aryl methyl sites for hydroxylation is 1. The summed E-state index contributed by atoms with van der Waals surface area (Å²) in [6.07, 6.45) is 4.08. The molecule has 94 valence electrons. The maximum atomic E-state index is 11.7. The molecule has 1 heterocycles. The Kier molecular flexibility index (Phi) is 5.19. The second kappa shape index (κ2) is 6.67. The van der Waals surface area contributed by atoms with E-state index in [1.54, 1.807) is 17.9 Å². The van der Waals surface area contributed by atoms with Gasteiger partial charge in [-0.2, -0.15) is 5.10 Å². The summed E-state index contributed by atoms with van der Waals surface area (Å²) >= 11 is 0. The molecule has 0 unspecified atom stereocenters. The van der Waals surface area contributed by atoms with Gasteiger partial charge in [-0.1, -0.05) is 0 Å². The van der Waals surface area contributed by atoms with Crippen LogP contribution in [0.15, 0.2) is 18.5 Å². The van der Waals surface area contributed by atoms with E-state index in [1.165, 1.54) is 12.0 Å². The van der Waals surface area contributed by atoms with E-state index in [0.29, 0.717) is 19.5 Å². The van der Waals surface area contributed by atoms with Gasteiger partial charge in [0, 0.05) is 39.0 Å². The van der Waals surface area contributed by atoms with Gasteiger partial charge in [-0.3, -0.25) is 14.3 Å². The SMILES string of the molecule is COC(=O)CCN(C)C(=O)CCn1cccn1. The lowest BCUT2D eigenvalue weighted by Crippen LogP contribution is -2.30. The van der Waals surface area contributed by atoms with Crippen molar-refractivity contribution in [1.29, 1.82) is 0 Å². The van der Waals surface area contributed by atoms with Crippen molar-refractivity contribution in [1.82, 2.24) is 14.7 Å². The lowest BCUT2D eigenvalue weighted by molar-refractivity contribution is -0.141. The second-order valence-electron chi connectivity index (χ2n) is 3.66. The molecule has 0 saturated heterocycles. The second-order valence-corrected chi connectivity index (χ2v) is 3.66. The average molecular weight is 239 g/mol. The van der Waals surface area contributed by atoms with E-state index in [0.717, 1.165) is 0 Å². The Morgan fingerprint density at radius 3 is 2.76 bits per heavy atom. The Bertz CT molecular complexity index is 362. The molecule has 0 N–H and O–H groups in total. The van der Waals surface area contributed by atoms with Crippen LogP contribution < -0.4 is 0 Å². The van der Waals surface area contributed by atoms with Crippen LogP contribution in [0.3, 0.4) is 0 Å². The first kappa shape index (κ1) is 13.2. The lowest BCUT2D eigenvalue weighted by Gasteiger charge is -2.16. The summed E-state index contributed by atoms with van der Waals surface area (Å²) in [6, 6.07) is 1.81. The van der Waals surface area contributed by atoms with E-state index in [1.807, 2.05) is 12.3 Å². The molecule has 0 spiro atoms. The van der Waals surface area contributed by atoms with E-state index in [-0.39, 0.29) is 18.3 Å². The molecule has 6 nitrogen and oxygen atoms in total. The van der Waals surface area contributed by atoms with Crippen LogP contribution in [0.4, 0.5) is 0 Å². The molecule has 1 aromatic rings. The highest BCUT2D eigenvalue weighted by Gasteiger charge is 2.10. The summed E-state index contributed by atoms with van der Waals surface area (Å²) in [4.78, 5) is 24.1. The summed E-state index contributed by atoms with van der Waals surface area (Å²) in [5.41, 5.74) is 0. The highest BCUT2D eigenvalue weighted by molar-refractivity contribution is 5.76. The van der Waals surface area contributed by atoms with Gasteiger partial charge in [0.25, 0.3) is 0 Å². The molecule has 1 rings (SSSR count). The zero-order chi connectivity index (χ0) is 12.7. The van der Waals surface area contributed by atoms with Crippen LogP contribution in [0, 0.1) is 0 Å². The summed E-state index contributed by atoms with van der Waals surface area (Å²) in [5.74, 6) is -0.318. The third-order valence-electron chi connectivity index (χ3n) is 2.42. The minimum Gasteiger partial charge on any atom is -0.469 e. The fourth-order valence-corrected chi connectivity index (χ4v) is 1.32. The quantitative estimate of drug-likeness (QED) is 0.669. The van der Waals surface area contributed by atoms with Gasteiger partial charge in [-0.05, 0) is 6.07 Å². The van der Waals surface area contributed by atoms with Gasteiger partial charge in [0.1, 0.15) is 0 Å². The highest BCUT2D eigenvalue weighted by atomic mass is 16.5. The number of methoxy groups -OCH3 is 1. The summed E-state index contributed by atoms with van der Waals surface area (Å²) in [6.45, 7) is 0.930. The van der Waals surface area contributed by atoms with Crippen molar-refractivity contribution in [3.8, 4) is 0 Å². The van der Waals surface area contributed by atoms with Crippen molar-refractivity contribution in [2.24, 2.45) is 0 Å². The van der Waals surface area contributed by atoms with Crippen LogP contribution in [0.5, 0.6) is 0 Å². The number of carbonyl (C=O) groups excluding carboxylic acids is 2. The third-order valence-corrected chi connectivity index (χ3v) is 2.42. The molecule has 0 atom stereocenters. The Morgan fingerprint density at radius 2 is 2.18 bits per heavy atom. The van der Waals surface area contributed by atoms with Crippen LogP contribution in [0.1, 0.15) is 12.8 Å². The first-order valence-corrected chi connectivity index (χ1v) is 5.41. The summed E-state index contributed by atoms with van der Waals surface area (Å²) < 4.78 is 6.21. The number of ether oxygens (including phenoxy) is 1. The fraction of sp³-hybridized carbons (Fsp3) is 0.545. The zero-order valence-electron chi connectivity index (χ0n) is 10.1. The van der Waals surface area contributed by atoms with Gasteiger partial charge in [0.05, 0.1) is 13.5 Å². The number of carbonyl (C=O) groups is 2. The maximum absolute atomic E-state index is 11.7. The molecular formula is C11H17N3O3. The molecule has 1 aromatic heterocycles. The van der Waals surface area contributed by atoms with Crippen LogP contribution >= 0.6 is 0 Å². The van der Waals surface area contributed by atoms with Crippen molar-refractivity contribution in [2.45, 2.75) is 19.4 Å². The molecule has 1 amide bonds. The predicted molar refractivity (Wildman–Crippen MR) is 61.1 cm³/mol. The number of hydrogen-bond donors (Lipinski definition) is 0.